The van der Waals surface area contributed by atoms with Crippen LogP contribution in [0.1, 0.15) is 36.9 Å². The smallest absolute Gasteiger partial charge is 0.130 e. The van der Waals surface area contributed by atoms with Crippen molar-refractivity contribution in [2.45, 2.75) is 38.6 Å². The summed E-state index contributed by atoms with van der Waals surface area (Å²) in [5, 5.41) is 18.5. The molecule has 96 valence electrons. The zero-order chi connectivity index (χ0) is 13.0. The highest BCUT2D eigenvalue weighted by Crippen LogP contribution is 2.23. The van der Waals surface area contributed by atoms with Crippen LogP contribution in [-0.4, -0.2) is 29.3 Å². The molecule has 1 saturated heterocycles. The summed E-state index contributed by atoms with van der Waals surface area (Å²) in [6.45, 7) is 2.96. The monoisotopic (exact) mass is 245 g/mol. The van der Waals surface area contributed by atoms with Gasteiger partial charge in [-0.1, -0.05) is 12.8 Å². The van der Waals surface area contributed by atoms with Gasteiger partial charge in [0.1, 0.15) is 5.82 Å². The molecule has 0 aliphatic carbocycles. The van der Waals surface area contributed by atoms with Crippen LogP contribution in [0.15, 0.2) is 12.1 Å². The topological polar surface area (TPSA) is 60.2 Å². The minimum absolute atomic E-state index is 0.133. The van der Waals surface area contributed by atoms with Crippen LogP contribution < -0.4 is 4.90 Å². The van der Waals surface area contributed by atoms with Crippen molar-refractivity contribution < 1.29 is 5.11 Å². The number of aliphatic hydroxyl groups excluding tert-OH is 1. The molecule has 0 amide bonds. The van der Waals surface area contributed by atoms with E-state index in [0.717, 1.165) is 37.3 Å². The molecular formula is C14H19N3O. The predicted octanol–water partition coefficient (Wildman–Crippen LogP) is 2.00. The molecule has 1 aromatic heterocycles. The van der Waals surface area contributed by atoms with Crippen molar-refractivity contribution in [1.29, 1.82) is 5.26 Å². The molecule has 0 saturated carbocycles. The third-order valence-electron chi connectivity index (χ3n) is 3.45. The van der Waals surface area contributed by atoms with Gasteiger partial charge in [-0.05, 0) is 31.9 Å². The van der Waals surface area contributed by atoms with E-state index in [1.54, 1.807) is 6.07 Å². The first-order valence-electron chi connectivity index (χ1n) is 6.51. The highest BCUT2D eigenvalue weighted by Gasteiger charge is 2.21. The van der Waals surface area contributed by atoms with Gasteiger partial charge in [0.15, 0.2) is 0 Å². The van der Waals surface area contributed by atoms with Crippen molar-refractivity contribution in [2.24, 2.45) is 0 Å². The predicted molar refractivity (Wildman–Crippen MR) is 70.4 cm³/mol. The maximum atomic E-state index is 9.51. The molecule has 1 atom stereocenters. The van der Waals surface area contributed by atoms with Crippen molar-refractivity contribution in [3.8, 4) is 6.07 Å². The van der Waals surface area contributed by atoms with E-state index >= 15 is 0 Å². The second kappa shape index (κ2) is 5.83. The first-order chi connectivity index (χ1) is 8.74. The van der Waals surface area contributed by atoms with Crippen molar-refractivity contribution in [3.63, 3.8) is 0 Å². The standard InChI is InChI=1S/C14H19N3O/c1-11-7-12(9-15)8-14(16-11)17-6-4-2-3-5-13(17)10-18/h7-8,13,18H,2-6,10H2,1H3. The summed E-state index contributed by atoms with van der Waals surface area (Å²) < 4.78 is 0. The molecule has 1 aliphatic heterocycles. The van der Waals surface area contributed by atoms with Gasteiger partial charge in [0, 0.05) is 12.2 Å². The van der Waals surface area contributed by atoms with E-state index in [4.69, 9.17) is 5.26 Å². The molecular weight excluding hydrogens is 226 g/mol. The Morgan fingerprint density at radius 1 is 1.44 bits per heavy atom. The van der Waals surface area contributed by atoms with Gasteiger partial charge in [0.05, 0.1) is 24.3 Å². The molecule has 1 N–H and O–H groups in total. The lowest BCUT2D eigenvalue weighted by Crippen LogP contribution is -2.38. The Bertz CT molecular complexity index is 453. The number of hydrogen-bond acceptors (Lipinski definition) is 4. The molecule has 0 aromatic carbocycles. The highest BCUT2D eigenvalue weighted by molar-refractivity contribution is 5.47. The van der Waals surface area contributed by atoms with E-state index in [9.17, 15) is 5.11 Å². The van der Waals surface area contributed by atoms with Crippen LogP contribution in [0.5, 0.6) is 0 Å². The summed E-state index contributed by atoms with van der Waals surface area (Å²) in [5.41, 5.74) is 1.49. The van der Waals surface area contributed by atoms with Crippen LogP contribution in [0.25, 0.3) is 0 Å². The van der Waals surface area contributed by atoms with E-state index in [1.165, 1.54) is 6.42 Å². The zero-order valence-electron chi connectivity index (χ0n) is 10.8. The third kappa shape index (κ3) is 2.80. The van der Waals surface area contributed by atoms with Gasteiger partial charge in [-0.2, -0.15) is 5.26 Å². The van der Waals surface area contributed by atoms with Crippen LogP contribution in [-0.2, 0) is 0 Å². The molecule has 0 spiro atoms. The van der Waals surface area contributed by atoms with Gasteiger partial charge >= 0.3 is 0 Å². The van der Waals surface area contributed by atoms with Crippen molar-refractivity contribution >= 4 is 5.82 Å². The fourth-order valence-corrected chi connectivity index (χ4v) is 2.53. The maximum Gasteiger partial charge on any atom is 0.130 e. The van der Waals surface area contributed by atoms with E-state index in [0.29, 0.717) is 5.56 Å². The Morgan fingerprint density at radius 3 is 3.00 bits per heavy atom. The Kier molecular flexibility index (Phi) is 4.16. The molecule has 18 heavy (non-hydrogen) atoms. The highest BCUT2D eigenvalue weighted by atomic mass is 16.3. The van der Waals surface area contributed by atoms with Gasteiger partial charge in [-0.15, -0.1) is 0 Å². The Morgan fingerprint density at radius 2 is 2.28 bits per heavy atom. The van der Waals surface area contributed by atoms with Crippen LogP contribution in [0.2, 0.25) is 0 Å². The minimum Gasteiger partial charge on any atom is -0.394 e. The Balaban J connectivity index is 2.32. The average molecular weight is 245 g/mol. The molecule has 1 aromatic rings. The lowest BCUT2D eigenvalue weighted by atomic mass is 10.1. The van der Waals surface area contributed by atoms with Crippen molar-refractivity contribution in [1.82, 2.24) is 4.98 Å². The summed E-state index contributed by atoms with van der Waals surface area (Å²) in [5.74, 6) is 0.826. The number of rotatable bonds is 2. The van der Waals surface area contributed by atoms with Crippen LogP contribution >= 0.6 is 0 Å². The molecule has 1 aliphatic rings. The van der Waals surface area contributed by atoms with Crippen LogP contribution in [0.4, 0.5) is 5.82 Å². The van der Waals surface area contributed by atoms with E-state index < -0.39 is 0 Å². The Labute approximate surface area is 108 Å². The second-order valence-electron chi connectivity index (χ2n) is 4.85. The summed E-state index contributed by atoms with van der Waals surface area (Å²) in [6, 6.07) is 5.91. The molecule has 1 fully saturated rings. The maximum absolute atomic E-state index is 9.51. The van der Waals surface area contributed by atoms with Crippen LogP contribution in [0, 0.1) is 18.3 Å². The molecule has 4 nitrogen and oxygen atoms in total. The second-order valence-corrected chi connectivity index (χ2v) is 4.85. The first-order valence-corrected chi connectivity index (χ1v) is 6.51. The normalized spacial score (nSPS) is 20.3. The number of aryl methyl sites for hydroxylation is 1. The summed E-state index contributed by atoms with van der Waals surface area (Å²) in [4.78, 5) is 6.66. The first kappa shape index (κ1) is 12.8. The van der Waals surface area contributed by atoms with Crippen LogP contribution in [0.3, 0.4) is 0 Å². The number of aromatic nitrogens is 1. The fourth-order valence-electron chi connectivity index (χ4n) is 2.53. The molecule has 4 heteroatoms. The number of nitrogens with zero attached hydrogens (tertiary/aromatic N) is 3. The summed E-state index contributed by atoms with van der Waals surface area (Å²) in [7, 11) is 0. The third-order valence-corrected chi connectivity index (χ3v) is 3.45. The summed E-state index contributed by atoms with van der Waals surface area (Å²) in [6.07, 6.45) is 4.46. The van der Waals surface area contributed by atoms with Gasteiger partial charge in [0.2, 0.25) is 0 Å². The number of hydrogen-bond donors (Lipinski definition) is 1. The zero-order valence-corrected chi connectivity index (χ0v) is 10.8. The van der Waals surface area contributed by atoms with Gasteiger partial charge in [-0.25, -0.2) is 4.98 Å². The van der Waals surface area contributed by atoms with E-state index in [-0.39, 0.29) is 12.6 Å². The van der Waals surface area contributed by atoms with Gasteiger partial charge in [-0.3, -0.25) is 0 Å². The van der Waals surface area contributed by atoms with Crippen molar-refractivity contribution in [2.75, 3.05) is 18.1 Å². The van der Waals surface area contributed by atoms with Crippen molar-refractivity contribution in [3.05, 3.63) is 23.4 Å². The minimum atomic E-state index is 0.133. The fraction of sp³-hybridized carbons (Fsp3) is 0.571. The van der Waals surface area contributed by atoms with E-state index in [2.05, 4.69) is 16.0 Å². The number of pyridine rings is 1. The largest absolute Gasteiger partial charge is 0.394 e. The number of anilines is 1. The lowest BCUT2D eigenvalue weighted by molar-refractivity contribution is 0.254. The van der Waals surface area contributed by atoms with E-state index in [1.807, 2.05) is 13.0 Å². The SMILES string of the molecule is Cc1cc(C#N)cc(N2CCCCCC2CO)n1. The molecule has 2 heterocycles. The number of nitriles is 1. The molecule has 2 rings (SSSR count). The lowest BCUT2D eigenvalue weighted by Gasteiger charge is -2.30. The van der Waals surface area contributed by atoms with Gasteiger partial charge < -0.3 is 10.0 Å². The molecule has 0 bridgehead atoms. The average Bonchev–Trinajstić information content (AvgIpc) is 2.62. The summed E-state index contributed by atoms with van der Waals surface area (Å²) >= 11 is 0. The Hall–Kier alpha value is -1.60. The van der Waals surface area contributed by atoms with Gasteiger partial charge in [0.25, 0.3) is 0 Å². The quantitative estimate of drug-likeness (QED) is 0.865. The molecule has 0 radical (unpaired) electrons. The number of aliphatic hydroxyl groups is 1. The molecule has 1 unspecified atom stereocenters.